The van der Waals surface area contributed by atoms with E-state index in [2.05, 4.69) is 41.4 Å². The van der Waals surface area contributed by atoms with Gasteiger partial charge in [-0.2, -0.15) is 0 Å². The van der Waals surface area contributed by atoms with E-state index in [1.165, 1.54) is 11.3 Å². The predicted molar refractivity (Wildman–Crippen MR) is 71.4 cm³/mol. The average molecular weight is 234 g/mol. The first kappa shape index (κ1) is 12.4. The second-order valence-electron chi connectivity index (χ2n) is 4.51. The summed E-state index contributed by atoms with van der Waals surface area (Å²) in [6.45, 7) is 8.91. The Bertz CT molecular complexity index is 354. The van der Waals surface area contributed by atoms with Gasteiger partial charge in [-0.3, -0.25) is 0 Å². The zero-order valence-electron chi connectivity index (χ0n) is 10.8. The lowest BCUT2D eigenvalue weighted by molar-refractivity contribution is 0.134. The van der Waals surface area contributed by atoms with Crippen LogP contribution in [0.1, 0.15) is 19.4 Å². The van der Waals surface area contributed by atoms with Crippen molar-refractivity contribution < 1.29 is 4.74 Å². The molecule has 1 heterocycles. The molecular formula is C14H22N2O. The van der Waals surface area contributed by atoms with Crippen molar-refractivity contribution in [2.75, 3.05) is 31.2 Å². The number of para-hydroxylation sites is 1. The lowest BCUT2D eigenvalue weighted by Gasteiger charge is -2.31. The molecule has 1 aliphatic rings. The summed E-state index contributed by atoms with van der Waals surface area (Å²) in [5.41, 5.74) is 2.73. The van der Waals surface area contributed by atoms with Gasteiger partial charge in [0.2, 0.25) is 0 Å². The van der Waals surface area contributed by atoms with Crippen molar-refractivity contribution in [1.29, 1.82) is 0 Å². The minimum Gasteiger partial charge on any atom is -0.380 e. The molecule has 0 saturated heterocycles. The van der Waals surface area contributed by atoms with Gasteiger partial charge >= 0.3 is 0 Å². The number of hydrogen-bond donors (Lipinski definition) is 1. The fourth-order valence-corrected chi connectivity index (χ4v) is 2.32. The van der Waals surface area contributed by atoms with E-state index in [0.717, 1.165) is 32.8 Å². The van der Waals surface area contributed by atoms with Crippen LogP contribution < -0.4 is 10.2 Å². The minimum atomic E-state index is 0.427. The third kappa shape index (κ3) is 2.99. The number of hydrogen-bond acceptors (Lipinski definition) is 3. The molecule has 0 radical (unpaired) electrons. The number of benzene rings is 1. The van der Waals surface area contributed by atoms with Crippen LogP contribution in [-0.4, -0.2) is 32.3 Å². The number of fused-ring (bicyclic) bond motifs is 1. The third-order valence-electron chi connectivity index (χ3n) is 3.24. The summed E-state index contributed by atoms with van der Waals surface area (Å²) in [5, 5.41) is 3.46. The molecule has 1 aliphatic heterocycles. The summed E-state index contributed by atoms with van der Waals surface area (Å²) in [6.07, 6.45) is 0. The molecule has 0 aromatic heterocycles. The predicted octanol–water partition coefficient (Wildman–Crippen LogP) is 2.02. The normalized spacial score (nSPS) is 17.4. The van der Waals surface area contributed by atoms with Crippen molar-refractivity contribution in [3.05, 3.63) is 29.8 Å². The van der Waals surface area contributed by atoms with E-state index < -0.39 is 0 Å². The number of ether oxygens (including phenoxy) is 1. The molecule has 3 nitrogen and oxygen atoms in total. The van der Waals surface area contributed by atoms with E-state index in [0.29, 0.717) is 6.04 Å². The molecule has 1 unspecified atom stereocenters. The highest BCUT2D eigenvalue weighted by molar-refractivity contribution is 5.55. The summed E-state index contributed by atoms with van der Waals surface area (Å²) < 4.78 is 5.54. The molecule has 0 spiro atoms. The van der Waals surface area contributed by atoms with Crippen LogP contribution >= 0.6 is 0 Å². The Hall–Kier alpha value is -1.06. The van der Waals surface area contributed by atoms with Gasteiger partial charge in [0, 0.05) is 38.0 Å². The van der Waals surface area contributed by atoms with E-state index in [1.54, 1.807) is 0 Å². The summed E-state index contributed by atoms with van der Waals surface area (Å²) in [6, 6.07) is 9.07. The summed E-state index contributed by atoms with van der Waals surface area (Å²) in [4.78, 5) is 2.45. The number of nitrogens with zero attached hydrogens (tertiary/aromatic N) is 1. The highest BCUT2D eigenvalue weighted by Crippen LogP contribution is 2.23. The molecule has 0 saturated carbocycles. The van der Waals surface area contributed by atoms with Crippen molar-refractivity contribution >= 4 is 5.69 Å². The van der Waals surface area contributed by atoms with E-state index >= 15 is 0 Å². The Morgan fingerprint density at radius 2 is 2.24 bits per heavy atom. The van der Waals surface area contributed by atoms with E-state index in [9.17, 15) is 0 Å². The molecule has 2 rings (SSSR count). The van der Waals surface area contributed by atoms with Crippen molar-refractivity contribution in [2.45, 2.75) is 26.4 Å². The third-order valence-corrected chi connectivity index (χ3v) is 3.24. The Morgan fingerprint density at radius 3 is 3.06 bits per heavy atom. The van der Waals surface area contributed by atoms with E-state index in [1.807, 2.05) is 6.92 Å². The smallest absolute Gasteiger partial charge is 0.0667 e. The van der Waals surface area contributed by atoms with Crippen LogP contribution in [0.5, 0.6) is 0 Å². The van der Waals surface area contributed by atoms with Crippen LogP contribution in [0, 0.1) is 0 Å². The quantitative estimate of drug-likeness (QED) is 0.862. The van der Waals surface area contributed by atoms with Crippen LogP contribution in [0.3, 0.4) is 0 Å². The Balaban J connectivity index is 2.16. The molecule has 94 valence electrons. The van der Waals surface area contributed by atoms with Gasteiger partial charge in [0.25, 0.3) is 0 Å². The number of anilines is 1. The van der Waals surface area contributed by atoms with Gasteiger partial charge in [-0.15, -0.1) is 0 Å². The van der Waals surface area contributed by atoms with Gasteiger partial charge in [0.1, 0.15) is 0 Å². The van der Waals surface area contributed by atoms with Gasteiger partial charge in [-0.05, 0) is 25.5 Å². The zero-order valence-corrected chi connectivity index (χ0v) is 10.8. The van der Waals surface area contributed by atoms with Crippen molar-refractivity contribution in [3.63, 3.8) is 0 Å². The second kappa shape index (κ2) is 6.03. The Morgan fingerprint density at radius 1 is 1.41 bits per heavy atom. The van der Waals surface area contributed by atoms with Crippen molar-refractivity contribution in [3.8, 4) is 0 Å². The van der Waals surface area contributed by atoms with E-state index in [-0.39, 0.29) is 0 Å². The molecule has 17 heavy (non-hydrogen) atoms. The largest absolute Gasteiger partial charge is 0.380 e. The maximum Gasteiger partial charge on any atom is 0.0667 e. The van der Waals surface area contributed by atoms with Gasteiger partial charge < -0.3 is 15.0 Å². The van der Waals surface area contributed by atoms with E-state index in [4.69, 9.17) is 4.74 Å². The Labute approximate surface area is 104 Å². The molecule has 0 aliphatic carbocycles. The molecule has 0 amide bonds. The molecular weight excluding hydrogens is 212 g/mol. The topological polar surface area (TPSA) is 24.5 Å². The zero-order chi connectivity index (χ0) is 12.1. The lowest BCUT2D eigenvalue weighted by Crippen LogP contribution is -2.39. The fourth-order valence-electron chi connectivity index (χ4n) is 2.32. The van der Waals surface area contributed by atoms with Gasteiger partial charge in [0.15, 0.2) is 0 Å². The molecule has 1 aromatic rings. The van der Waals surface area contributed by atoms with Crippen LogP contribution in [0.2, 0.25) is 0 Å². The number of nitrogens with one attached hydrogen (secondary N) is 1. The highest BCUT2D eigenvalue weighted by Gasteiger charge is 2.19. The van der Waals surface area contributed by atoms with Crippen molar-refractivity contribution in [2.24, 2.45) is 0 Å². The monoisotopic (exact) mass is 234 g/mol. The first-order valence-corrected chi connectivity index (χ1v) is 6.46. The molecule has 1 N–H and O–H groups in total. The lowest BCUT2D eigenvalue weighted by atomic mass is 10.1. The maximum atomic E-state index is 5.54. The summed E-state index contributed by atoms with van der Waals surface area (Å²) in [7, 11) is 0. The molecule has 3 heteroatoms. The Kier molecular flexibility index (Phi) is 4.40. The average Bonchev–Trinajstić information content (AvgIpc) is 2.58. The molecule has 0 fully saturated rings. The van der Waals surface area contributed by atoms with Crippen molar-refractivity contribution in [1.82, 2.24) is 5.32 Å². The molecule has 0 bridgehead atoms. The van der Waals surface area contributed by atoms with Crippen LogP contribution in [-0.2, 0) is 11.3 Å². The van der Waals surface area contributed by atoms with Crippen LogP contribution in [0.25, 0.3) is 0 Å². The fraction of sp³-hybridized carbons (Fsp3) is 0.571. The van der Waals surface area contributed by atoms with Gasteiger partial charge in [0.05, 0.1) is 6.61 Å². The van der Waals surface area contributed by atoms with Gasteiger partial charge in [-0.1, -0.05) is 18.2 Å². The summed E-state index contributed by atoms with van der Waals surface area (Å²) >= 11 is 0. The first-order chi connectivity index (χ1) is 8.33. The maximum absolute atomic E-state index is 5.54. The highest BCUT2D eigenvalue weighted by atomic mass is 16.5. The summed E-state index contributed by atoms with van der Waals surface area (Å²) in [5.74, 6) is 0. The second-order valence-corrected chi connectivity index (χ2v) is 4.51. The van der Waals surface area contributed by atoms with Crippen LogP contribution in [0.15, 0.2) is 24.3 Å². The molecule has 1 atom stereocenters. The number of rotatable bonds is 4. The minimum absolute atomic E-state index is 0.427. The van der Waals surface area contributed by atoms with Gasteiger partial charge in [-0.25, -0.2) is 0 Å². The standard InChI is InChI=1S/C14H22N2O/c1-3-17-11-12(2)16-9-8-15-10-13-6-4-5-7-14(13)16/h4-7,12,15H,3,8-11H2,1-2H3. The SMILES string of the molecule is CCOCC(C)N1CCNCc2ccccc21. The molecule has 1 aromatic carbocycles. The first-order valence-electron chi connectivity index (χ1n) is 6.46. The van der Waals surface area contributed by atoms with Crippen LogP contribution in [0.4, 0.5) is 5.69 Å².